The second-order valence-electron chi connectivity index (χ2n) is 8.41. The predicted molar refractivity (Wildman–Crippen MR) is 138 cm³/mol. The van der Waals surface area contributed by atoms with Crippen molar-refractivity contribution in [2.24, 2.45) is 0 Å². The zero-order valence-corrected chi connectivity index (χ0v) is 20.6. The normalized spacial score (nSPS) is 10.9. The van der Waals surface area contributed by atoms with Crippen molar-refractivity contribution in [1.29, 1.82) is 0 Å². The third-order valence-electron chi connectivity index (χ3n) is 5.82. The van der Waals surface area contributed by atoms with Gasteiger partial charge in [-0.1, -0.05) is 69.5 Å². The van der Waals surface area contributed by atoms with Crippen LogP contribution in [-0.4, -0.2) is 9.97 Å². The van der Waals surface area contributed by atoms with Gasteiger partial charge in [-0.2, -0.15) is 0 Å². The van der Waals surface area contributed by atoms with Crippen molar-refractivity contribution >= 4 is 23.1 Å². The van der Waals surface area contributed by atoms with Crippen LogP contribution in [0.5, 0.6) is 0 Å². The van der Waals surface area contributed by atoms with E-state index in [4.69, 9.17) is 21.6 Å². The second-order valence-corrected chi connectivity index (χ2v) is 8.81. The van der Waals surface area contributed by atoms with E-state index in [0.717, 1.165) is 72.9 Å². The molecule has 0 bridgehead atoms. The molecule has 0 atom stereocenters. The molecule has 0 aliphatic rings. The van der Waals surface area contributed by atoms with Crippen LogP contribution in [0.1, 0.15) is 68.3 Å². The van der Waals surface area contributed by atoms with Gasteiger partial charge < -0.3 is 5.32 Å². The highest BCUT2D eigenvalue weighted by molar-refractivity contribution is 6.33. The molecule has 0 radical (unpaired) electrons. The quantitative estimate of drug-likeness (QED) is 0.289. The molecule has 0 unspecified atom stereocenters. The van der Waals surface area contributed by atoms with Crippen molar-refractivity contribution in [2.45, 2.75) is 65.7 Å². The lowest BCUT2D eigenvalue weighted by molar-refractivity contribution is 0.626. The molecule has 3 nitrogen and oxygen atoms in total. The van der Waals surface area contributed by atoms with Gasteiger partial charge in [-0.25, -0.2) is 14.4 Å². The van der Waals surface area contributed by atoms with Gasteiger partial charge in [-0.05, 0) is 62.4 Å². The minimum Gasteiger partial charge on any atom is -0.340 e. The first-order chi connectivity index (χ1) is 15.9. The first-order valence-electron chi connectivity index (χ1n) is 11.8. The van der Waals surface area contributed by atoms with Crippen LogP contribution in [0.15, 0.2) is 49.0 Å². The predicted octanol–water partition coefficient (Wildman–Crippen LogP) is 8.40. The Kier molecular flexibility index (Phi) is 9.02. The highest BCUT2D eigenvalue weighted by Crippen LogP contribution is 2.31. The van der Waals surface area contributed by atoms with E-state index >= 15 is 0 Å². The molecule has 2 aromatic carbocycles. The largest absolute Gasteiger partial charge is 0.340 e. The molecule has 3 rings (SSSR count). The van der Waals surface area contributed by atoms with Gasteiger partial charge in [0.05, 0.1) is 5.02 Å². The van der Waals surface area contributed by atoms with Gasteiger partial charge in [0.25, 0.3) is 0 Å². The number of nitrogens with zero attached hydrogens (tertiary/aromatic N) is 2. The van der Waals surface area contributed by atoms with E-state index in [0.29, 0.717) is 22.4 Å². The number of nitrogens with one attached hydrogen (secondary N) is 1. The molecule has 0 aliphatic heterocycles. The second kappa shape index (κ2) is 11.9. The molecule has 1 aromatic heterocycles. The smallest absolute Gasteiger partial charge is 0.163 e. The highest BCUT2D eigenvalue weighted by Gasteiger charge is 2.17. The standard InChI is InChI=1S/C28H33ClFN3/c1-5-7-9-13-23-19(3)31-28(24-14-10-11-15-26(24)29)33-27(23)32-20(4)25-18-22(30)17-16-21(25)12-8-6-2/h10-11,14-18H,4-9,12-13H2,1-3H3,(H,31,32,33). The molecule has 1 heterocycles. The number of hydrogen-bond acceptors (Lipinski definition) is 3. The fourth-order valence-electron chi connectivity index (χ4n) is 3.94. The van der Waals surface area contributed by atoms with Gasteiger partial charge in [-0.3, -0.25) is 0 Å². The number of anilines is 1. The topological polar surface area (TPSA) is 37.8 Å². The summed E-state index contributed by atoms with van der Waals surface area (Å²) in [7, 11) is 0. The third kappa shape index (κ3) is 6.42. The lowest BCUT2D eigenvalue weighted by atomic mass is 9.99. The molecule has 0 aliphatic carbocycles. The van der Waals surface area contributed by atoms with E-state index in [1.165, 1.54) is 6.07 Å². The Morgan fingerprint density at radius 3 is 2.48 bits per heavy atom. The first-order valence-corrected chi connectivity index (χ1v) is 12.2. The summed E-state index contributed by atoms with van der Waals surface area (Å²) in [6, 6.07) is 12.5. The summed E-state index contributed by atoms with van der Waals surface area (Å²) in [4.78, 5) is 9.63. The van der Waals surface area contributed by atoms with Crippen molar-refractivity contribution in [3.05, 3.63) is 82.3 Å². The fraction of sp³-hybridized carbons (Fsp3) is 0.357. The molecule has 3 aromatic rings. The summed E-state index contributed by atoms with van der Waals surface area (Å²) >= 11 is 6.43. The maximum Gasteiger partial charge on any atom is 0.163 e. The SMILES string of the molecule is C=C(Nc1nc(-c2ccccc2Cl)nc(C)c1CCCCC)c1cc(F)ccc1CCCC. The summed E-state index contributed by atoms with van der Waals surface area (Å²) in [6.45, 7) is 10.6. The number of benzene rings is 2. The summed E-state index contributed by atoms with van der Waals surface area (Å²) in [5.41, 5.74) is 5.27. The molecule has 33 heavy (non-hydrogen) atoms. The van der Waals surface area contributed by atoms with E-state index in [-0.39, 0.29) is 5.82 Å². The number of aromatic nitrogens is 2. The molecule has 0 amide bonds. The lowest BCUT2D eigenvalue weighted by Crippen LogP contribution is -2.10. The van der Waals surface area contributed by atoms with E-state index in [2.05, 4.69) is 25.7 Å². The van der Waals surface area contributed by atoms with Crippen LogP contribution in [-0.2, 0) is 12.8 Å². The van der Waals surface area contributed by atoms with Crippen LogP contribution < -0.4 is 5.32 Å². The molecular weight excluding hydrogens is 433 g/mol. The number of unbranched alkanes of at least 4 members (excludes halogenated alkanes) is 3. The third-order valence-corrected chi connectivity index (χ3v) is 6.15. The van der Waals surface area contributed by atoms with Gasteiger partial charge in [0.1, 0.15) is 11.6 Å². The van der Waals surface area contributed by atoms with Crippen LogP contribution in [0, 0.1) is 12.7 Å². The Bertz CT molecular complexity index is 1110. The molecule has 5 heteroatoms. The maximum absolute atomic E-state index is 14.1. The van der Waals surface area contributed by atoms with E-state index in [1.54, 1.807) is 6.07 Å². The van der Waals surface area contributed by atoms with Crippen molar-refractivity contribution in [2.75, 3.05) is 5.32 Å². The van der Waals surface area contributed by atoms with Gasteiger partial charge in [0.2, 0.25) is 0 Å². The molecule has 174 valence electrons. The Morgan fingerprint density at radius 2 is 1.76 bits per heavy atom. The Hall–Kier alpha value is -2.72. The Labute approximate surface area is 202 Å². The van der Waals surface area contributed by atoms with Crippen LogP contribution in [0.3, 0.4) is 0 Å². The lowest BCUT2D eigenvalue weighted by Gasteiger charge is -2.18. The van der Waals surface area contributed by atoms with Gasteiger partial charge >= 0.3 is 0 Å². The Morgan fingerprint density at radius 1 is 1.00 bits per heavy atom. The van der Waals surface area contributed by atoms with E-state index < -0.39 is 0 Å². The zero-order chi connectivity index (χ0) is 23.8. The van der Waals surface area contributed by atoms with Crippen LogP contribution >= 0.6 is 11.6 Å². The van der Waals surface area contributed by atoms with Crippen molar-refractivity contribution in [1.82, 2.24) is 9.97 Å². The molecule has 0 saturated heterocycles. The summed E-state index contributed by atoms with van der Waals surface area (Å²) in [5.74, 6) is 1.01. The number of halogens is 2. The molecule has 0 saturated carbocycles. The van der Waals surface area contributed by atoms with Crippen LogP contribution in [0.4, 0.5) is 10.2 Å². The van der Waals surface area contributed by atoms with Gasteiger partial charge in [-0.15, -0.1) is 0 Å². The summed E-state index contributed by atoms with van der Waals surface area (Å²) < 4.78 is 14.1. The molecule has 0 spiro atoms. The van der Waals surface area contributed by atoms with Crippen molar-refractivity contribution < 1.29 is 4.39 Å². The first kappa shape index (κ1) is 24.9. The fourth-order valence-corrected chi connectivity index (χ4v) is 4.16. The van der Waals surface area contributed by atoms with Gasteiger partial charge in [0, 0.05) is 28.1 Å². The summed E-state index contributed by atoms with van der Waals surface area (Å²) in [6.07, 6.45) is 7.18. The Balaban J connectivity index is 2.02. The zero-order valence-electron chi connectivity index (χ0n) is 19.8. The average Bonchev–Trinajstić information content (AvgIpc) is 2.80. The molecular formula is C28H33ClFN3. The minimum absolute atomic E-state index is 0.271. The highest BCUT2D eigenvalue weighted by atomic mass is 35.5. The average molecular weight is 466 g/mol. The number of hydrogen-bond donors (Lipinski definition) is 1. The van der Waals surface area contributed by atoms with Crippen LogP contribution in [0.25, 0.3) is 17.1 Å². The molecule has 0 fully saturated rings. The van der Waals surface area contributed by atoms with Crippen molar-refractivity contribution in [3.8, 4) is 11.4 Å². The maximum atomic E-state index is 14.1. The van der Waals surface area contributed by atoms with E-state index in [9.17, 15) is 4.39 Å². The monoisotopic (exact) mass is 465 g/mol. The molecule has 1 N–H and O–H groups in total. The van der Waals surface area contributed by atoms with Gasteiger partial charge in [0.15, 0.2) is 5.82 Å². The summed E-state index contributed by atoms with van der Waals surface area (Å²) in [5, 5.41) is 4.02. The van der Waals surface area contributed by atoms with Crippen LogP contribution in [0.2, 0.25) is 5.02 Å². The number of aryl methyl sites for hydroxylation is 2. The number of rotatable bonds is 11. The van der Waals surface area contributed by atoms with Crippen molar-refractivity contribution in [3.63, 3.8) is 0 Å². The minimum atomic E-state index is -0.271. The van der Waals surface area contributed by atoms with E-state index in [1.807, 2.05) is 37.3 Å².